The highest BCUT2D eigenvalue weighted by molar-refractivity contribution is 6.31. The summed E-state index contributed by atoms with van der Waals surface area (Å²) in [5.74, 6) is -3.86. The largest absolute Gasteiger partial charge is 0.505 e. The van der Waals surface area contributed by atoms with Crippen LogP contribution in [0.15, 0.2) is 12.1 Å². The van der Waals surface area contributed by atoms with Crippen LogP contribution in [0.5, 0.6) is 5.75 Å². The van der Waals surface area contributed by atoms with E-state index in [0.29, 0.717) is 0 Å². The Hall–Kier alpha value is -1.29. The van der Waals surface area contributed by atoms with Crippen molar-refractivity contribution in [3.63, 3.8) is 0 Å². The van der Waals surface area contributed by atoms with Crippen molar-refractivity contribution in [1.82, 2.24) is 0 Å². The number of halogens is 2. The van der Waals surface area contributed by atoms with Gasteiger partial charge in [-0.3, -0.25) is 4.79 Å². The lowest BCUT2D eigenvalue weighted by Gasteiger charge is -2.10. The lowest BCUT2D eigenvalue weighted by molar-refractivity contribution is -0.138. The maximum atomic E-state index is 13.3. The molecular formula is C9H8ClFO3. The molecule has 5 heteroatoms. The van der Waals surface area contributed by atoms with Crippen LogP contribution in [0, 0.1) is 5.82 Å². The SMILES string of the molecule is CC(C(=O)O)c1c(Cl)ccc(O)c1F. The minimum absolute atomic E-state index is 0.00444. The predicted molar refractivity (Wildman–Crippen MR) is 49.1 cm³/mol. The molecule has 0 saturated carbocycles. The van der Waals surface area contributed by atoms with E-state index in [1.807, 2.05) is 0 Å². The normalized spacial score (nSPS) is 12.5. The summed E-state index contributed by atoms with van der Waals surface area (Å²) >= 11 is 5.63. The third kappa shape index (κ3) is 1.80. The zero-order chi connectivity index (χ0) is 10.9. The van der Waals surface area contributed by atoms with Crippen LogP contribution in [0.25, 0.3) is 0 Å². The summed E-state index contributed by atoms with van der Waals surface area (Å²) < 4.78 is 13.3. The molecule has 0 radical (unpaired) electrons. The maximum absolute atomic E-state index is 13.3. The molecule has 2 N–H and O–H groups in total. The number of hydrogen-bond donors (Lipinski definition) is 2. The summed E-state index contributed by atoms with van der Waals surface area (Å²) in [6.45, 7) is 1.30. The summed E-state index contributed by atoms with van der Waals surface area (Å²) in [4.78, 5) is 10.6. The van der Waals surface area contributed by atoms with Gasteiger partial charge in [-0.05, 0) is 19.1 Å². The second kappa shape index (κ2) is 3.84. The average Bonchev–Trinajstić information content (AvgIpc) is 2.12. The first-order valence-corrected chi connectivity index (χ1v) is 4.22. The van der Waals surface area contributed by atoms with E-state index < -0.39 is 23.5 Å². The van der Waals surface area contributed by atoms with Gasteiger partial charge in [0.15, 0.2) is 11.6 Å². The van der Waals surface area contributed by atoms with E-state index in [2.05, 4.69) is 0 Å². The number of hydrogen-bond acceptors (Lipinski definition) is 2. The van der Waals surface area contributed by atoms with Crippen LogP contribution in [-0.2, 0) is 4.79 Å². The molecule has 0 aromatic heterocycles. The summed E-state index contributed by atoms with van der Waals surface area (Å²) in [5.41, 5.74) is -0.195. The monoisotopic (exact) mass is 218 g/mol. The standard InChI is InChI=1S/C9H8ClFO3/c1-4(9(13)14)7-5(10)2-3-6(12)8(7)11/h2-4,12H,1H3,(H,13,14). The molecule has 1 atom stereocenters. The topological polar surface area (TPSA) is 57.5 Å². The van der Waals surface area contributed by atoms with E-state index in [9.17, 15) is 9.18 Å². The van der Waals surface area contributed by atoms with Gasteiger partial charge in [-0.25, -0.2) is 4.39 Å². The van der Waals surface area contributed by atoms with Gasteiger partial charge in [-0.15, -0.1) is 0 Å². The van der Waals surface area contributed by atoms with Gasteiger partial charge in [-0.2, -0.15) is 0 Å². The molecule has 14 heavy (non-hydrogen) atoms. The Morgan fingerprint density at radius 3 is 2.64 bits per heavy atom. The van der Waals surface area contributed by atoms with E-state index in [1.165, 1.54) is 13.0 Å². The number of carboxylic acid groups (broad SMARTS) is 1. The van der Waals surface area contributed by atoms with Crippen LogP contribution in [0.3, 0.4) is 0 Å². The molecule has 1 aromatic rings. The zero-order valence-corrected chi connectivity index (χ0v) is 8.05. The third-order valence-corrected chi connectivity index (χ3v) is 2.24. The van der Waals surface area contributed by atoms with Crippen molar-refractivity contribution in [2.24, 2.45) is 0 Å². The van der Waals surface area contributed by atoms with E-state index in [0.717, 1.165) is 6.07 Å². The highest BCUT2D eigenvalue weighted by Gasteiger charge is 2.22. The van der Waals surface area contributed by atoms with E-state index in [-0.39, 0.29) is 10.6 Å². The molecule has 1 aromatic carbocycles. The Morgan fingerprint density at radius 2 is 2.14 bits per heavy atom. The number of benzene rings is 1. The average molecular weight is 219 g/mol. The van der Waals surface area contributed by atoms with Gasteiger partial charge in [0, 0.05) is 10.6 Å². The molecule has 0 heterocycles. The number of phenolic OH excluding ortho intramolecular Hbond substituents is 1. The first-order valence-electron chi connectivity index (χ1n) is 3.84. The van der Waals surface area contributed by atoms with E-state index >= 15 is 0 Å². The lowest BCUT2D eigenvalue weighted by atomic mass is 10.0. The van der Waals surface area contributed by atoms with Gasteiger partial charge in [-0.1, -0.05) is 11.6 Å². The molecule has 1 unspecified atom stereocenters. The van der Waals surface area contributed by atoms with Crippen LogP contribution in [0.1, 0.15) is 18.4 Å². The number of rotatable bonds is 2. The number of carboxylic acids is 1. The lowest BCUT2D eigenvalue weighted by Crippen LogP contribution is -2.10. The maximum Gasteiger partial charge on any atom is 0.310 e. The van der Waals surface area contributed by atoms with Crippen molar-refractivity contribution in [2.45, 2.75) is 12.8 Å². The third-order valence-electron chi connectivity index (χ3n) is 1.91. The first kappa shape index (κ1) is 10.8. The molecule has 0 fully saturated rings. The minimum Gasteiger partial charge on any atom is -0.505 e. The van der Waals surface area contributed by atoms with E-state index in [4.69, 9.17) is 21.8 Å². The molecule has 0 aliphatic heterocycles. The van der Waals surface area contributed by atoms with Crippen molar-refractivity contribution in [3.05, 3.63) is 28.5 Å². The van der Waals surface area contributed by atoms with E-state index in [1.54, 1.807) is 0 Å². The Morgan fingerprint density at radius 1 is 1.57 bits per heavy atom. The number of aliphatic carboxylic acids is 1. The highest BCUT2D eigenvalue weighted by atomic mass is 35.5. The molecule has 0 bridgehead atoms. The molecule has 76 valence electrons. The Bertz CT molecular complexity index is 379. The molecule has 0 amide bonds. The van der Waals surface area contributed by atoms with Gasteiger partial charge in [0.1, 0.15) is 0 Å². The van der Waals surface area contributed by atoms with Gasteiger partial charge in [0.25, 0.3) is 0 Å². The molecule has 0 saturated heterocycles. The van der Waals surface area contributed by atoms with Crippen molar-refractivity contribution in [3.8, 4) is 5.75 Å². The fourth-order valence-corrected chi connectivity index (χ4v) is 1.39. The number of phenols is 1. The van der Waals surface area contributed by atoms with Crippen LogP contribution in [0.2, 0.25) is 5.02 Å². The Kier molecular flexibility index (Phi) is 2.96. The molecule has 0 aliphatic carbocycles. The molecule has 0 aliphatic rings. The van der Waals surface area contributed by atoms with Gasteiger partial charge < -0.3 is 10.2 Å². The highest BCUT2D eigenvalue weighted by Crippen LogP contribution is 2.32. The van der Waals surface area contributed by atoms with Gasteiger partial charge in [0.2, 0.25) is 0 Å². The van der Waals surface area contributed by atoms with Crippen LogP contribution in [0.4, 0.5) is 4.39 Å². The smallest absolute Gasteiger partial charge is 0.310 e. The summed E-state index contributed by atoms with van der Waals surface area (Å²) in [6, 6.07) is 2.34. The van der Waals surface area contributed by atoms with Gasteiger partial charge in [0.05, 0.1) is 5.92 Å². The Labute approximate surface area is 84.7 Å². The quantitative estimate of drug-likeness (QED) is 0.801. The molecule has 3 nitrogen and oxygen atoms in total. The summed E-state index contributed by atoms with van der Waals surface area (Å²) in [6.07, 6.45) is 0. The fraction of sp³-hybridized carbons (Fsp3) is 0.222. The molecular weight excluding hydrogens is 211 g/mol. The van der Waals surface area contributed by atoms with Gasteiger partial charge >= 0.3 is 5.97 Å². The number of carbonyl (C=O) groups is 1. The van der Waals surface area contributed by atoms with Crippen molar-refractivity contribution in [2.75, 3.05) is 0 Å². The van der Waals surface area contributed by atoms with Crippen LogP contribution < -0.4 is 0 Å². The second-order valence-corrected chi connectivity index (χ2v) is 3.26. The summed E-state index contributed by atoms with van der Waals surface area (Å²) in [5, 5.41) is 17.7. The second-order valence-electron chi connectivity index (χ2n) is 2.85. The Balaban J connectivity index is 3.32. The van der Waals surface area contributed by atoms with Crippen LogP contribution in [-0.4, -0.2) is 16.2 Å². The first-order chi connectivity index (χ1) is 6.45. The van der Waals surface area contributed by atoms with Crippen molar-refractivity contribution >= 4 is 17.6 Å². The van der Waals surface area contributed by atoms with Crippen molar-refractivity contribution < 1.29 is 19.4 Å². The minimum atomic E-state index is -1.20. The predicted octanol–water partition coefficient (Wildman–Crippen LogP) is 2.37. The van der Waals surface area contributed by atoms with Crippen LogP contribution >= 0.6 is 11.6 Å². The molecule has 0 spiro atoms. The fourth-order valence-electron chi connectivity index (χ4n) is 1.08. The van der Waals surface area contributed by atoms with Crippen molar-refractivity contribution in [1.29, 1.82) is 0 Å². The number of aromatic hydroxyl groups is 1. The molecule has 1 rings (SSSR count). The summed E-state index contributed by atoms with van der Waals surface area (Å²) in [7, 11) is 0. The zero-order valence-electron chi connectivity index (χ0n) is 7.29.